The zero-order chi connectivity index (χ0) is 10.7. The summed E-state index contributed by atoms with van der Waals surface area (Å²) in [4.78, 5) is 0. The molecule has 2 nitrogen and oxygen atoms in total. The van der Waals surface area contributed by atoms with Crippen LogP contribution in [0.4, 0.5) is 0 Å². The van der Waals surface area contributed by atoms with Gasteiger partial charge < -0.3 is 9.47 Å². The van der Waals surface area contributed by atoms with Crippen LogP contribution in [0.15, 0.2) is 30.3 Å². The quantitative estimate of drug-likeness (QED) is 0.797. The van der Waals surface area contributed by atoms with Gasteiger partial charge >= 0.3 is 0 Å². The first kappa shape index (κ1) is 11.4. The van der Waals surface area contributed by atoms with Crippen LogP contribution in [-0.4, -0.2) is 23.9 Å². The Labute approximate surface area is 103 Å². The third kappa shape index (κ3) is 2.21. The molecule has 0 saturated carbocycles. The summed E-state index contributed by atoms with van der Waals surface area (Å²) in [6.07, 6.45) is -0.0237. The molecule has 1 saturated heterocycles. The maximum absolute atomic E-state index is 5.83. The van der Waals surface area contributed by atoms with Crippen LogP contribution >= 0.6 is 27.5 Å². The minimum Gasteiger partial charge on any atom is -0.342 e. The third-order valence-electron chi connectivity index (χ3n) is 2.42. The lowest BCUT2D eigenvalue weighted by atomic mass is 10.1. The van der Waals surface area contributed by atoms with Crippen molar-refractivity contribution in [2.75, 3.05) is 17.8 Å². The number of alkyl halides is 2. The summed E-state index contributed by atoms with van der Waals surface area (Å²) in [6, 6.07) is 9.91. The van der Waals surface area contributed by atoms with E-state index < -0.39 is 5.79 Å². The highest BCUT2D eigenvalue weighted by Crippen LogP contribution is 2.36. The molecule has 2 rings (SSSR count). The van der Waals surface area contributed by atoms with E-state index in [2.05, 4.69) is 15.9 Å². The van der Waals surface area contributed by atoms with Crippen molar-refractivity contribution in [1.29, 1.82) is 0 Å². The van der Waals surface area contributed by atoms with E-state index in [0.29, 0.717) is 17.8 Å². The van der Waals surface area contributed by atoms with Gasteiger partial charge in [-0.2, -0.15) is 0 Å². The van der Waals surface area contributed by atoms with Gasteiger partial charge in [0.15, 0.2) is 0 Å². The molecule has 0 radical (unpaired) electrons. The molecule has 1 heterocycles. The normalized spacial score (nSPS) is 30.7. The molecule has 0 amide bonds. The topological polar surface area (TPSA) is 18.5 Å². The number of hydrogen-bond acceptors (Lipinski definition) is 2. The lowest BCUT2D eigenvalue weighted by molar-refractivity contribution is -0.154. The van der Waals surface area contributed by atoms with Gasteiger partial charge in [0.1, 0.15) is 0 Å². The molecule has 1 fully saturated rings. The second kappa shape index (κ2) is 4.83. The fourth-order valence-electron chi connectivity index (χ4n) is 1.63. The van der Waals surface area contributed by atoms with E-state index in [0.717, 1.165) is 5.56 Å². The molecule has 0 aromatic heterocycles. The molecule has 1 aromatic rings. The van der Waals surface area contributed by atoms with E-state index in [-0.39, 0.29) is 6.10 Å². The van der Waals surface area contributed by atoms with Crippen LogP contribution in [0.3, 0.4) is 0 Å². The molecule has 4 heteroatoms. The van der Waals surface area contributed by atoms with Gasteiger partial charge in [-0.1, -0.05) is 46.3 Å². The largest absolute Gasteiger partial charge is 0.342 e. The Bertz CT molecular complexity index is 320. The van der Waals surface area contributed by atoms with Crippen LogP contribution < -0.4 is 0 Å². The molecule has 0 bridgehead atoms. The minimum atomic E-state index is -0.666. The lowest BCUT2D eigenvalue weighted by Crippen LogP contribution is -2.30. The second-order valence-electron chi connectivity index (χ2n) is 3.46. The number of ether oxygens (including phenoxy) is 2. The molecule has 82 valence electrons. The highest BCUT2D eigenvalue weighted by atomic mass is 79.9. The molecule has 1 aliphatic heterocycles. The van der Waals surface area contributed by atoms with Gasteiger partial charge in [-0.3, -0.25) is 0 Å². The van der Waals surface area contributed by atoms with Crippen molar-refractivity contribution < 1.29 is 9.47 Å². The van der Waals surface area contributed by atoms with E-state index in [1.165, 1.54) is 0 Å². The minimum absolute atomic E-state index is 0.0237. The van der Waals surface area contributed by atoms with E-state index in [9.17, 15) is 0 Å². The van der Waals surface area contributed by atoms with Gasteiger partial charge in [-0.25, -0.2) is 0 Å². The molecule has 2 atom stereocenters. The first-order valence-electron chi connectivity index (χ1n) is 4.80. The van der Waals surface area contributed by atoms with Gasteiger partial charge in [0.05, 0.1) is 23.9 Å². The van der Waals surface area contributed by atoms with Crippen molar-refractivity contribution in [3.63, 3.8) is 0 Å². The smallest absolute Gasteiger partial charge is 0.205 e. The summed E-state index contributed by atoms with van der Waals surface area (Å²) in [7, 11) is 0. The summed E-state index contributed by atoms with van der Waals surface area (Å²) in [5.41, 5.74) is 1.02. The zero-order valence-corrected chi connectivity index (χ0v) is 10.5. The van der Waals surface area contributed by atoms with Gasteiger partial charge in [0, 0.05) is 5.56 Å². The highest BCUT2D eigenvalue weighted by Gasteiger charge is 2.41. The third-order valence-corrected chi connectivity index (χ3v) is 3.50. The maximum atomic E-state index is 5.83. The fourth-order valence-corrected chi connectivity index (χ4v) is 2.40. The standard InChI is InChI=1S/C11H12BrClO2/c12-8-11(9-4-2-1-3-5-9)14-7-10(6-13)15-11/h1-5,10H,6-8H2/t10-,11+/m1/s1. The predicted molar refractivity (Wildman–Crippen MR) is 63.5 cm³/mol. The Morgan fingerprint density at radius 2 is 2.13 bits per heavy atom. The summed E-state index contributed by atoms with van der Waals surface area (Å²) in [5, 5.41) is 0.609. The Morgan fingerprint density at radius 3 is 2.67 bits per heavy atom. The van der Waals surface area contributed by atoms with Crippen molar-refractivity contribution >= 4 is 27.5 Å². The number of halogens is 2. The van der Waals surface area contributed by atoms with Crippen molar-refractivity contribution in [3.8, 4) is 0 Å². The molecular formula is C11H12BrClO2. The van der Waals surface area contributed by atoms with E-state index in [1.807, 2.05) is 30.3 Å². The van der Waals surface area contributed by atoms with Crippen LogP contribution in [-0.2, 0) is 15.3 Å². The van der Waals surface area contributed by atoms with Crippen LogP contribution in [0.1, 0.15) is 5.56 Å². The average Bonchev–Trinajstić information content (AvgIpc) is 2.75. The zero-order valence-electron chi connectivity index (χ0n) is 8.16. The van der Waals surface area contributed by atoms with Crippen molar-refractivity contribution in [1.82, 2.24) is 0 Å². The van der Waals surface area contributed by atoms with Crippen molar-refractivity contribution in [2.45, 2.75) is 11.9 Å². The Kier molecular flexibility index (Phi) is 3.67. The lowest BCUT2D eigenvalue weighted by Gasteiger charge is -2.26. The molecule has 0 spiro atoms. The van der Waals surface area contributed by atoms with Crippen LogP contribution in [0.25, 0.3) is 0 Å². The summed E-state index contributed by atoms with van der Waals surface area (Å²) >= 11 is 9.19. The molecule has 0 N–H and O–H groups in total. The Morgan fingerprint density at radius 1 is 1.40 bits per heavy atom. The Hall–Kier alpha value is -0.0900. The average molecular weight is 292 g/mol. The van der Waals surface area contributed by atoms with E-state index >= 15 is 0 Å². The monoisotopic (exact) mass is 290 g/mol. The molecule has 0 aliphatic carbocycles. The predicted octanol–water partition coefficient (Wildman–Crippen LogP) is 2.89. The van der Waals surface area contributed by atoms with Crippen LogP contribution in [0.2, 0.25) is 0 Å². The molecule has 15 heavy (non-hydrogen) atoms. The maximum Gasteiger partial charge on any atom is 0.205 e. The van der Waals surface area contributed by atoms with E-state index in [4.69, 9.17) is 21.1 Å². The summed E-state index contributed by atoms with van der Waals surface area (Å²) in [6.45, 7) is 0.546. The van der Waals surface area contributed by atoms with Gasteiger partial charge in [-0.05, 0) is 0 Å². The summed E-state index contributed by atoms with van der Waals surface area (Å²) < 4.78 is 11.6. The van der Waals surface area contributed by atoms with E-state index in [1.54, 1.807) is 0 Å². The fraction of sp³-hybridized carbons (Fsp3) is 0.455. The highest BCUT2D eigenvalue weighted by molar-refractivity contribution is 9.09. The molecule has 1 aromatic carbocycles. The first-order chi connectivity index (χ1) is 7.30. The number of rotatable bonds is 3. The Balaban J connectivity index is 2.24. The molecule has 1 aliphatic rings. The van der Waals surface area contributed by atoms with Gasteiger partial charge in [0.2, 0.25) is 5.79 Å². The second-order valence-corrected chi connectivity index (χ2v) is 4.33. The van der Waals surface area contributed by atoms with Crippen molar-refractivity contribution in [3.05, 3.63) is 35.9 Å². The van der Waals surface area contributed by atoms with Crippen LogP contribution in [0, 0.1) is 0 Å². The SMILES string of the molecule is ClC[C@@H]1CO[C@](CBr)(c2ccccc2)O1. The molecule has 0 unspecified atom stereocenters. The summed E-state index contributed by atoms with van der Waals surface area (Å²) in [5.74, 6) is -0.206. The van der Waals surface area contributed by atoms with Crippen LogP contribution in [0.5, 0.6) is 0 Å². The first-order valence-corrected chi connectivity index (χ1v) is 6.45. The van der Waals surface area contributed by atoms with Crippen molar-refractivity contribution in [2.24, 2.45) is 0 Å². The van der Waals surface area contributed by atoms with Gasteiger partial charge in [0.25, 0.3) is 0 Å². The number of hydrogen-bond donors (Lipinski definition) is 0. The van der Waals surface area contributed by atoms with Gasteiger partial charge in [-0.15, -0.1) is 11.6 Å². The number of benzene rings is 1. The molecular weight excluding hydrogens is 279 g/mol.